The second kappa shape index (κ2) is 7.22. The van der Waals surface area contributed by atoms with Crippen molar-refractivity contribution in [1.82, 2.24) is 20.7 Å². The number of H-pyrrole nitrogens is 1. The number of hydrogen-bond acceptors (Lipinski definition) is 4. The van der Waals surface area contributed by atoms with Crippen molar-refractivity contribution in [2.75, 3.05) is 5.32 Å². The van der Waals surface area contributed by atoms with Crippen LogP contribution in [0.4, 0.5) is 15.9 Å². The topological polar surface area (TPSA) is 82.7 Å². The maximum absolute atomic E-state index is 13.7. The Balaban J connectivity index is 1.69. The molecule has 0 radical (unpaired) electrons. The number of carbonyl (C=O) groups excluding carboxylic acids is 1. The van der Waals surface area contributed by atoms with Crippen molar-refractivity contribution >= 4 is 33.3 Å². The second-order valence-corrected chi connectivity index (χ2v) is 5.85. The Kier molecular flexibility index (Phi) is 4.85. The van der Waals surface area contributed by atoms with E-state index in [1.54, 1.807) is 18.2 Å². The van der Waals surface area contributed by atoms with Crippen LogP contribution in [-0.2, 0) is 6.54 Å². The zero-order valence-corrected chi connectivity index (χ0v) is 14.0. The average Bonchev–Trinajstić information content (AvgIpc) is 3.04. The van der Waals surface area contributed by atoms with Crippen molar-refractivity contribution in [3.8, 4) is 0 Å². The molecule has 0 spiro atoms. The van der Waals surface area contributed by atoms with Crippen LogP contribution in [0.3, 0.4) is 0 Å². The van der Waals surface area contributed by atoms with Crippen molar-refractivity contribution in [1.29, 1.82) is 0 Å². The number of hydrogen-bond donors (Lipinski definition) is 3. The highest BCUT2D eigenvalue weighted by atomic mass is 79.9. The Labute approximate surface area is 145 Å². The average molecular weight is 390 g/mol. The fourth-order valence-electron chi connectivity index (χ4n) is 2.03. The van der Waals surface area contributed by atoms with Crippen LogP contribution in [0.2, 0.25) is 0 Å². The van der Waals surface area contributed by atoms with Crippen molar-refractivity contribution < 1.29 is 9.18 Å². The zero-order valence-electron chi connectivity index (χ0n) is 12.4. The number of amides is 1. The lowest BCUT2D eigenvalue weighted by molar-refractivity contribution is 0.0946. The summed E-state index contributed by atoms with van der Waals surface area (Å²) in [4.78, 5) is 12.3. The molecule has 0 aliphatic carbocycles. The van der Waals surface area contributed by atoms with Crippen LogP contribution in [0.15, 0.2) is 53.0 Å². The molecular weight excluding hydrogens is 377 g/mol. The molecule has 122 valence electrons. The number of carbonyl (C=O) groups is 1. The number of benzene rings is 2. The highest BCUT2D eigenvalue weighted by Gasteiger charge is 2.17. The van der Waals surface area contributed by atoms with E-state index in [1.165, 1.54) is 6.07 Å². The number of para-hydroxylation sites is 1. The van der Waals surface area contributed by atoms with Crippen molar-refractivity contribution in [3.63, 3.8) is 0 Å². The Hall–Kier alpha value is -2.74. The van der Waals surface area contributed by atoms with Crippen molar-refractivity contribution in [2.24, 2.45) is 0 Å². The summed E-state index contributed by atoms with van der Waals surface area (Å²) in [6.07, 6.45) is 0. The SMILES string of the molecule is O=C(NCc1ccc(Br)cc1)c1n[nH]nc1Nc1ccccc1F. The molecule has 1 aromatic heterocycles. The molecule has 3 rings (SSSR count). The van der Waals surface area contributed by atoms with Crippen LogP contribution < -0.4 is 10.6 Å². The Morgan fingerprint density at radius 2 is 1.88 bits per heavy atom. The van der Waals surface area contributed by atoms with Gasteiger partial charge in [0.1, 0.15) is 5.82 Å². The van der Waals surface area contributed by atoms with Crippen molar-refractivity contribution in [3.05, 3.63) is 70.1 Å². The summed E-state index contributed by atoms with van der Waals surface area (Å²) in [6, 6.07) is 13.7. The molecule has 0 unspecified atom stereocenters. The summed E-state index contributed by atoms with van der Waals surface area (Å²) in [5, 5.41) is 15.6. The summed E-state index contributed by atoms with van der Waals surface area (Å²) in [5.74, 6) is -0.694. The maximum atomic E-state index is 13.7. The molecule has 0 saturated carbocycles. The Bertz CT molecular complexity index is 850. The van der Waals surface area contributed by atoms with E-state index in [2.05, 4.69) is 42.0 Å². The minimum absolute atomic E-state index is 0.0652. The van der Waals surface area contributed by atoms with Crippen LogP contribution in [-0.4, -0.2) is 21.3 Å². The standard InChI is InChI=1S/C16H13BrFN5O/c17-11-7-5-10(6-8-11)9-19-16(24)14-15(22-23-21-14)20-13-4-2-1-3-12(13)18/h1-8H,9H2,(H,19,24)(H2,20,21,22,23). The van der Waals surface area contributed by atoms with E-state index in [0.717, 1.165) is 10.0 Å². The summed E-state index contributed by atoms with van der Waals surface area (Å²) >= 11 is 3.36. The fourth-order valence-corrected chi connectivity index (χ4v) is 2.30. The third-order valence-electron chi connectivity index (χ3n) is 3.26. The minimum Gasteiger partial charge on any atom is -0.346 e. The third kappa shape index (κ3) is 3.77. The lowest BCUT2D eigenvalue weighted by atomic mass is 10.2. The van der Waals surface area contributed by atoms with Gasteiger partial charge < -0.3 is 10.6 Å². The summed E-state index contributed by atoms with van der Waals surface area (Å²) < 4.78 is 14.7. The largest absolute Gasteiger partial charge is 0.346 e. The number of nitrogens with zero attached hydrogens (tertiary/aromatic N) is 2. The van der Waals surface area contributed by atoms with E-state index in [-0.39, 0.29) is 17.2 Å². The predicted octanol–water partition coefficient (Wildman–Crippen LogP) is 3.38. The van der Waals surface area contributed by atoms with Gasteiger partial charge in [-0.1, -0.05) is 40.2 Å². The van der Waals surface area contributed by atoms with Gasteiger partial charge in [-0.25, -0.2) is 4.39 Å². The van der Waals surface area contributed by atoms with Gasteiger partial charge in [-0.05, 0) is 29.8 Å². The maximum Gasteiger partial charge on any atom is 0.275 e. The first kappa shape index (κ1) is 16.1. The van der Waals surface area contributed by atoms with Gasteiger partial charge in [-0.2, -0.15) is 5.21 Å². The number of halogens is 2. The van der Waals surface area contributed by atoms with Gasteiger partial charge >= 0.3 is 0 Å². The molecule has 0 bridgehead atoms. The second-order valence-electron chi connectivity index (χ2n) is 4.93. The quantitative estimate of drug-likeness (QED) is 0.624. The molecule has 6 nitrogen and oxygen atoms in total. The van der Waals surface area contributed by atoms with Gasteiger partial charge in [-0.15, -0.1) is 10.2 Å². The first-order valence-electron chi connectivity index (χ1n) is 7.08. The molecule has 8 heteroatoms. The smallest absolute Gasteiger partial charge is 0.275 e. The molecule has 0 fully saturated rings. The normalized spacial score (nSPS) is 10.4. The van der Waals surface area contributed by atoms with Gasteiger partial charge in [0.2, 0.25) is 0 Å². The molecule has 0 saturated heterocycles. The van der Waals surface area contributed by atoms with Gasteiger partial charge in [0.05, 0.1) is 5.69 Å². The third-order valence-corrected chi connectivity index (χ3v) is 3.78. The molecule has 0 atom stereocenters. The molecule has 0 aliphatic heterocycles. The van der Waals surface area contributed by atoms with Gasteiger partial charge in [0, 0.05) is 11.0 Å². The molecule has 3 aromatic rings. The zero-order chi connectivity index (χ0) is 16.9. The van der Waals surface area contributed by atoms with Crippen LogP contribution in [0.25, 0.3) is 0 Å². The number of aromatic nitrogens is 3. The number of nitrogens with one attached hydrogen (secondary N) is 3. The van der Waals surface area contributed by atoms with Crippen LogP contribution >= 0.6 is 15.9 Å². The van der Waals surface area contributed by atoms with Crippen LogP contribution in [0.1, 0.15) is 16.1 Å². The minimum atomic E-state index is -0.443. The lowest BCUT2D eigenvalue weighted by Gasteiger charge is -2.07. The van der Waals surface area contributed by atoms with E-state index in [9.17, 15) is 9.18 Å². The summed E-state index contributed by atoms with van der Waals surface area (Å²) in [5.41, 5.74) is 1.22. The molecular formula is C16H13BrFN5O. The number of anilines is 2. The lowest BCUT2D eigenvalue weighted by Crippen LogP contribution is -2.24. The van der Waals surface area contributed by atoms with E-state index < -0.39 is 11.7 Å². The Morgan fingerprint density at radius 1 is 1.12 bits per heavy atom. The molecule has 0 aliphatic rings. The van der Waals surface area contributed by atoms with E-state index in [1.807, 2.05) is 24.3 Å². The molecule has 24 heavy (non-hydrogen) atoms. The Morgan fingerprint density at radius 3 is 2.62 bits per heavy atom. The monoisotopic (exact) mass is 389 g/mol. The highest BCUT2D eigenvalue weighted by Crippen LogP contribution is 2.19. The first-order chi connectivity index (χ1) is 11.6. The fraction of sp³-hybridized carbons (Fsp3) is 0.0625. The molecule has 1 heterocycles. The van der Waals surface area contributed by atoms with Gasteiger partial charge in [0.25, 0.3) is 5.91 Å². The molecule has 1 amide bonds. The summed E-state index contributed by atoms with van der Waals surface area (Å²) in [6.45, 7) is 0.345. The van der Waals surface area contributed by atoms with Crippen LogP contribution in [0.5, 0.6) is 0 Å². The van der Waals surface area contributed by atoms with Crippen molar-refractivity contribution in [2.45, 2.75) is 6.54 Å². The molecule has 3 N–H and O–H groups in total. The van der Waals surface area contributed by atoms with Gasteiger partial charge in [-0.3, -0.25) is 4.79 Å². The van der Waals surface area contributed by atoms with E-state index in [4.69, 9.17) is 0 Å². The van der Waals surface area contributed by atoms with E-state index in [0.29, 0.717) is 6.54 Å². The summed E-state index contributed by atoms with van der Waals surface area (Å²) in [7, 11) is 0. The first-order valence-corrected chi connectivity index (χ1v) is 7.88. The van der Waals surface area contributed by atoms with Gasteiger partial charge in [0.15, 0.2) is 11.5 Å². The van der Waals surface area contributed by atoms with Crippen LogP contribution in [0, 0.1) is 5.82 Å². The predicted molar refractivity (Wildman–Crippen MR) is 91.4 cm³/mol. The number of rotatable bonds is 5. The number of aromatic amines is 1. The molecule has 2 aromatic carbocycles. The van der Waals surface area contributed by atoms with E-state index >= 15 is 0 Å². The highest BCUT2D eigenvalue weighted by molar-refractivity contribution is 9.10.